The molecule has 2 rings (SSSR count). The molecule has 0 radical (unpaired) electrons. The van der Waals surface area contributed by atoms with Crippen molar-refractivity contribution < 1.29 is 4.74 Å². The van der Waals surface area contributed by atoms with E-state index in [-0.39, 0.29) is 0 Å². The quantitative estimate of drug-likeness (QED) is 0.748. The molecule has 0 bridgehead atoms. The summed E-state index contributed by atoms with van der Waals surface area (Å²) in [4.78, 5) is 15.6. The molecule has 6 heteroatoms. The highest BCUT2D eigenvalue weighted by Crippen LogP contribution is 2.20. The normalized spacial score (nSPS) is 10.7. The Bertz CT molecular complexity index is 482. The van der Waals surface area contributed by atoms with Crippen molar-refractivity contribution in [2.24, 2.45) is 0 Å². The van der Waals surface area contributed by atoms with Gasteiger partial charge in [0.1, 0.15) is 5.52 Å². The predicted octanol–water partition coefficient (Wildman–Crippen LogP) is 1.96. The van der Waals surface area contributed by atoms with Crippen LogP contribution in [0.5, 0.6) is 5.88 Å². The predicted molar refractivity (Wildman–Crippen MR) is 66.3 cm³/mol. The average Bonchev–Trinajstić information content (AvgIpc) is 2.82. The Labute approximate surface area is 99.8 Å². The van der Waals surface area contributed by atoms with Crippen molar-refractivity contribution in [2.45, 2.75) is 26.2 Å². The average molecular weight is 235 g/mol. The third-order valence-electron chi connectivity index (χ3n) is 2.46. The SMILES string of the molecule is CCCCCOc1nc(NC)nc2nc[nH]c12. The van der Waals surface area contributed by atoms with E-state index in [0.717, 1.165) is 18.4 Å². The zero-order valence-corrected chi connectivity index (χ0v) is 10.2. The minimum absolute atomic E-state index is 0.523. The molecule has 2 aromatic heterocycles. The summed E-state index contributed by atoms with van der Waals surface area (Å²) < 4.78 is 5.66. The van der Waals surface area contributed by atoms with Gasteiger partial charge in [0.15, 0.2) is 5.65 Å². The first-order valence-electron chi connectivity index (χ1n) is 5.86. The van der Waals surface area contributed by atoms with E-state index in [2.05, 4.69) is 32.2 Å². The van der Waals surface area contributed by atoms with Gasteiger partial charge in [-0.1, -0.05) is 19.8 Å². The number of aromatic nitrogens is 4. The summed E-state index contributed by atoms with van der Waals surface area (Å²) in [5, 5.41) is 2.89. The molecule has 0 aliphatic carbocycles. The number of aromatic amines is 1. The summed E-state index contributed by atoms with van der Waals surface area (Å²) in [6.07, 6.45) is 4.97. The summed E-state index contributed by atoms with van der Waals surface area (Å²) in [5.74, 6) is 1.09. The van der Waals surface area contributed by atoms with Gasteiger partial charge in [0.25, 0.3) is 0 Å². The van der Waals surface area contributed by atoms with E-state index >= 15 is 0 Å². The highest BCUT2D eigenvalue weighted by Gasteiger charge is 2.09. The number of fused-ring (bicyclic) bond motifs is 1. The lowest BCUT2D eigenvalue weighted by atomic mass is 10.3. The van der Waals surface area contributed by atoms with Gasteiger partial charge in [-0.05, 0) is 6.42 Å². The molecule has 2 N–H and O–H groups in total. The first-order chi connectivity index (χ1) is 8.35. The first kappa shape index (κ1) is 11.6. The maximum absolute atomic E-state index is 5.66. The number of imidazole rings is 1. The number of anilines is 1. The van der Waals surface area contributed by atoms with E-state index in [1.807, 2.05) is 0 Å². The van der Waals surface area contributed by atoms with E-state index in [9.17, 15) is 0 Å². The zero-order valence-electron chi connectivity index (χ0n) is 10.2. The van der Waals surface area contributed by atoms with Gasteiger partial charge in [-0.15, -0.1) is 0 Å². The molecule has 0 spiro atoms. The summed E-state index contributed by atoms with van der Waals surface area (Å²) >= 11 is 0. The van der Waals surface area contributed by atoms with Crippen molar-refractivity contribution in [1.29, 1.82) is 0 Å². The van der Waals surface area contributed by atoms with Crippen LogP contribution >= 0.6 is 0 Å². The summed E-state index contributed by atoms with van der Waals surface area (Å²) in [6.45, 7) is 2.83. The first-order valence-corrected chi connectivity index (χ1v) is 5.86. The molecular weight excluding hydrogens is 218 g/mol. The lowest BCUT2D eigenvalue weighted by Gasteiger charge is -2.06. The molecule has 0 saturated heterocycles. The Morgan fingerprint density at radius 1 is 1.35 bits per heavy atom. The molecule has 17 heavy (non-hydrogen) atoms. The van der Waals surface area contributed by atoms with Gasteiger partial charge in [0.2, 0.25) is 11.8 Å². The highest BCUT2D eigenvalue weighted by atomic mass is 16.5. The van der Waals surface area contributed by atoms with Gasteiger partial charge in [-0.2, -0.15) is 9.97 Å². The third-order valence-corrected chi connectivity index (χ3v) is 2.46. The maximum atomic E-state index is 5.66. The van der Waals surface area contributed by atoms with Crippen LogP contribution in [0.25, 0.3) is 11.2 Å². The van der Waals surface area contributed by atoms with E-state index in [4.69, 9.17) is 4.74 Å². The fourth-order valence-corrected chi connectivity index (χ4v) is 1.54. The van der Waals surface area contributed by atoms with Crippen molar-refractivity contribution in [3.63, 3.8) is 0 Å². The number of hydrogen-bond acceptors (Lipinski definition) is 5. The van der Waals surface area contributed by atoms with Crippen LogP contribution in [-0.2, 0) is 0 Å². The molecule has 6 nitrogen and oxygen atoms in total. The Morgan fingerprint density at radius 2 is 2.24 bits per heavy atom. The summed E-state index contributed by atoms with van der Waals surface area (Å²) in [7, 11) is 1.77. The minimum atomic E-state index is 0.523. The number of rotatable bonds is 6. The number of nitrogens with zero attached hydrogens (tertiary/aromatic N) is 3. The lowest BCUT2D eigenvalue weighted by Crippen LogP contribution is -2.03. The number of hydrogen-bond donors (Lipinski definition) is 2. The van der Waals surface area contributed by atoms with Crippen molar-refractivity contribution in [3.05, 3.63) is 6.33 Å². The van der Waals surface area contributed by atoms with Crippen LogP contribution in [0.2, 0.25) is 0 Å². The van der Waals surface area contributed by atoms with Gasteiger partial charge in [-0.3, -0.25) is 0 Å². The number of unbranched alkanes of at least 4 members (excludes halogenated alkanes) is 2. The summed E-state index contributed by atoms with van der Waals surface area (Å²) in [6, 6.07) is 0. The molecule has 92 valence electrons. The second-order valence-corrected chi connectivity index (χ2v) is 3.76. The van der Waals surface area contributed by atoms with E-state index < -0.39 is 0 Å². The van der Waals surface area contributed by atoms with Crippen LogP contribution in [0.15, 0.2) is 6.33 Å². The van der Waals surface area contributed by atoms with Crippen molar-refractivity contribution in [3.8, 4) is 5.88 Å². The Hall–Kier alpha value is -1.85. The van der Waals surface area contributed by atoms with Crippen LogP contribution in [-0.4, -0.2) is 33.6 Å². The fraction of sp³-hybridized carbons (Fsp3) is 0.545. The largest absolute Gasteiger partial charge is 0.476 e. The molecule has 0 fully saturated rings. The molecule has 0 atom stereocenters. The fourth-order valence-electron chi connectivity index (χ4n) is 1.54. The van der Waals surface area contributed by atoms with Gasteiger partial charge in [-0.25, -0.2) is 4.98 Å². The Balaban J connectivity index is 2.16. The molecule has 2 aromatic rings. The van der Waals surface area contributed by atoms with Gasteiger partial charge in [0, 0.05) is 7.05 Å². The third kappa shape index (κ3) is 2.64. The molecule has 0 aliphatic rings. The zero-order chi connectivity index (χ0) is 12.1. The number of H-pyrrole nitrogens is 1. The van der Waals surface area contributed by atoms with Gasteiger partial charge < -0.3 is 15.0 Å². The molecule has 0 aliphatic heterocycles. The molecule has 2 heterocycles. The van der Waals surface area contributed by atoms with Gasteiger partial charge in [0.05, 0.1) is 12.9 Å². The Kier molecular flexibility index (Phi) is 3.74. The second-order valence-electron chi connectivity index (χ2n) is 3.76. The molecular formula is C11H17N5O. The summed E-state index contributed by atoms with van der Waals surface area (Å²) in [5.41, 5.74) is 1.37. The van der Waals surface area contributed by atoms with E-state index in [1.54, 1.807) is 13.4 Å². The number of ether oxygens (including phenoxy) is 1. The minimum Gasteiger partial charge on any atom is -0.476 e. The topological polar surface area (TPSA) is 75.7 Å². The molecule has 0 aromatic carbocycles. The van der Waals surface area contributed by atoms with Crippen LogP contribution < -0.4 is 10.1 Å². The molecule has 0 amide bonds. The van der Waals surface area contributed by atoms with Crippen molar-refractivity contribution >= 4 is 17.1 Å². The monoisotopic (exact) mass is 235 g/mol. The Morgan fingerprint density at radius 3 is 3.00 bits per heavy atom. The highest BCUT2D eigenvalue weighted by molar-refractivity contribution is 5.76. The van der Waals surface area contributed by atoms with Crippen LogP contribution in [0.3, 0.4) is 0 Å². The standard InChI is InChI=1S/C11H17N5O/c1-3-4-5-6-17-10-8-9(14-7-13-8)15-11(12-2)16-10/h7H,3-6H2,1-2H3,(H2,12,13,14,15,16). The van der Waals surface area contributed by atoms with E-state index in [1.165, 1.54) is 6.42 Å². The number of nitrogens with one attached hydrogen (secondary N) is 2. The smallest absolute Gasteiger partial charge is 0.245 e. The van der Waals surface area contributed by atoms with Crippen molar-refractivity contribution in [2.75, 3.05) is 19.0 Å². The van der Waals surface area contributed by atoms with Crippen LogP contribution in [0, 0.1) is 0 Å². The molecule has 0 saturated carbocycles. The molecule has 0 unspecified atom stereocenters. The van der Waals surface area contributed by atoms with Crippen LogP contribution in [0.4, 0.5) is 5.95 Å². The second kappa shape index (κ2) is 5.47. The van der Waals surface area contributed by atoms with Crippen LogP contribution in [0.1, 0.15) is 26.2 Å². The van der Waals surface area contributed by atoms with Crippen molar-refractivity contribution in [1.82, 2.24) is 19.9 Å². The van der Waals surface area contributed by atoms with E-state index in [0.29, 0.717) is 24.1 Å². The van der Waals surface area contributed by atoms with Gasteiger partial charge >= 0.3 is 0 Å². The lowest BCUT2D eigenvalue weighted by molar-refractivity contribution is 0.298. The maximum Gasteiger partial charge on any atom is 0.245 e.